The van der Waals surface area contributed by atoms with E-state index in [9.17, 15) is 9.18 Å². The van der Waals surface area contributed by atoms with Crippen molar-refractivity contribution in [3.8, 4) is 0 Å². The highest BCUT2D eigenvalue weighted by atomic mass is 32.2. The molecule has 0 bridgehead atoms. The Balaban J connectivity index is 1.44. The normalized spacial score (nSPS) is 24.2. The van der Waals surface area contributed by atoms with Crippen LogP contribution in [0.1, 0.15) is 12.0 Å². The zero-order valence-corrected chi connectivity index (χ0v) is 15.2. The van der Waals surface area contributed by atoms with E-state index in [1.54, 1.807) is 12.1 Å². The van der Waals surface area contributed by atoms with Crippen LogP contribution in [0.4, 0.5) is 9.18 Å². The molecule has 0 radical (unpaired) electrons. The molecule has 2 saturated heterocycles. The Kier molecular flexibility index (Phi) is 6.56. The molecule has 2 fully saturated rings. The Labute approximate surface area is 152 Å². The van der Waals surface area contributed by atoms with Gasteiger partial charge in [-0.2, -0.15) is 11.8 Å². The van der Waals surface area contributed by atoms with E-state index in [0.29, 0.717) is 25.1 Å². The topological polar surface area (TPSA) is 53.6 Å². The van der Waals surface area contributed by atoms with Gasteiger partial charge >= 0.3 is 6.03 Å². The molecule has 0 aromatic heterocycles. The maximum absolute atomic E-state index is 13.6. The van der Waals surface area contributed by atoms with Crippen LogP contribution in [0, 0.1) is 5.82 Å². The van der Waals surface area contributed by atoms with Crippen LogP contribution in [0.5, 0.6) is 0 Å². The molecular weight excluding hydrogens is 341 g/mol. The number of nitrogens with one attached hydrogen (secondary N) is 2. The van der Waals surface area contributed by atoms with Gasteiger partial charge in [-0.25, -0.2) is 9.18 Å². The van der Waals surface area contributed by atoms with E-state index in [4.69, 9.17) is 4.74 Å². The molecule has 0 unspecified atom stereocenters. The third-order valence-electron chi connectivity index (χ3n) is 4.98. The van der Waals surface area contributed by atoms with E-state index < -0.39 is 0 Å². The maximum atomic E-state index is 13.6. The minimum atomic E-state index is -0.223. The zero-order valence-electron chi connectivity index (χ0n) is 14.4. The first-order valence-electron chi connectivity index (χ1n) is 8.85. The Morgan fingerprint density at radius 2 is 2.08 bits per heavy atom. The molecule has 0 saturated carbocycles. The van der Waals surface area contributed by atoms with E-state index in [-0.39, 0.29) is 17.4 Å². The van der Waals surface area contributed by atoms with Crippen LogP contribution in [0.25, 0.3) is 0 Å². The SMILES string of the molecule is O=C(NCCc1ccccc1F)NC[C@]1(N2CCOCC2)CCSC1. The average molecular weight is 367 g/mol. The molecule has 138 valence electrons. The first-order chi connectivity index (χ1) is 12.2. The summed E-state index contributed by atoms with van der Waals surface area (Å²) in [7, 11) is 0. The summed E-state index contributed by atoms with van der Waals surface area (Å²) in [5.74, 6) is 1.95. The maximum Gasteiger partial charge on any atom is 0.314 e. The number of urea groups is 1. The molecule has 2 aliphatic heterocycles. The predicted octanol–water partition coefficient (Wildman–Crippen LogP) is 1.88. The predicted molar refractivity (Wildman–Crippen MR) is 98.6 cm³/mol. The van der Waals surface area contributed by atoms with E-state index in [1.807, 2.05) is 17.8 Å². The van der Waals surface area contributed by atoms with Gasteiger partial charge in [0.25, 0.3) is 0 Å². The zero-order chi connectivity index (χ0) is 17.5. The highest BCUT2D eigenvalue weighted by molar-refractivity contribution is 7.99. The number of ether oxygens (including phenoxy) is 1. The second-order valence-corrected chi connectivity index (χ2v) is 7.68. The van der Waals surface area contributed by atoms with E-state index in [1.165, 1.54) is 6.07 Å². The lowest BCUT2D eigenvalue weighted by Gasteiger charge is -2.43. The monoisotopic (exact) mass is 367 g/mol. The Hall–Kier alpha value is -1.31. The van der Waals surface area contributed by atoms with Crippen LogP contribution in [0.15, 0.2) is 24.3 Å². The number of thioether (sulfide) groups is 1. The van der Waals surface area contributed by atoms with E-state index in [2.05, 4.69) is 15.5 Å². The van der Waals surface area contributed by atoms with Gasteiger partial charge in [0.2, 0.25) is 0 Å². The van der Waals surface area contributed by atoms with Crippen LogP contribution in [-0.4, -0.2) is 67.4 Å². The van der Waals surface area contributed by atoms with Gasteiger partial charge in [-0.15, -0.1) is 0 Å². The van der Waals surface area contributed by atoms with Crippen LogP contribution in [0.3, 0.4) is 0 Å². The molecule has 3 rings (SSSR count). The Bertz CT molecular complexity index is 575. The van der Waals surface area contributed by atoms with Gasteiger partial charge in [-0.1, -0.05) is 18.2 Å². The fourth-order valence-electron chi connectivity index (χ4n) is 3.45. The molecule has 2 heterocycles. The summed E-state index contributed by atoms with van der Waals surface area (Å²) in [6.07, 6.45) is 1.58. The smallest absolute Gasteiger partial charge is 0.314 e. The van der Waals surface area contributed by atoms with Gasteiger partial charge in [-0.05, 0) is 30.2 Å². The summed E-state index contributed by atoms with van der Waals surface area (Å²) >= 11 is 1.95. The molecule has 0 aliphatic carbocycles. The number of hydrogen-bond acceptors (Lipinski definition) is 4. The molecule has 5 nitrogen and oxygen atoms in total. The highest BCUT2D eigenvalue weighted by Gasteiger charge is 2.40. The van der Waals surface area contributed by atoms with Gasteiger partial charge in [0.15, 0.2) is 0 Å². The molecule has 25 heavy (non-hydrogen) atoms. The Morgan fingerprint density at radius 3 is 2.80 bits per heavy atom. The molecule has 2 N–H and O–H groups in total. The van der Waals surface area contributed by atoms with Gasteiger partial charge in [0, 0.05) is 37.5 Å². The van der Waals surface area contributed by atoms with Crippen LogP contribution in [0.2, 0.25) is 0 Å². The lowest BCUT2D eigenvalue weighted by molar-refractivity contribution is -0.0124. The molecule has 1 atom stereocenters. The number of nitrogens with zero attached hydrogens (tertiary/aromatic N) is 1. The van der Waals surface area contributed by atoms with Crippen molar-refractivity contribution < 1.29 is 13.9 Å². The quantitative estimate of drug-likeness (QED) is 0.806. The van der Waals surface area contributed by atoms with Crippen LogP contribution in [-0.2, 0) is 11.2 Å². The van der Waals surface area contributed by atoms with E-state index >= 15 is 0 Å². The summed E-state index contributed by atoms with van der Waals surface area (Å²) in [6, 6.07) is 6.49. The van der Waals surface area contributed by atoms with Gasteiger partial charge in [0.05, 0.1) is 13.2 Å². The van der Waals surface area contributed by atoms with Crippen molar-refractivity contribution in [3.63, 3.8) is 0 Å². The average Bonchev–Trinajstić information content (AvgIpc) is 3.13. The third-order valence-corrected chi connectivity index (χ3v) is 6.21. The number of amides is 2. The standard InChI is InChI=1S/C18H26FN3O2S/c19-16-4-2-1-3-15(16)5-7-20-17(23)21-13-18(6-12-25-14-18)22-8-10-24-11-9-22/h1-4H,5-14H2,(H2,20,21,23)/t18-/m1/s1. The number of rotatable bonds is 6. The third kappa shape index (κ3) is 4.86. The van der Waals surface area contributed by atoms with Crippen molar-refractivity contribution in [2.24, 2.45) is 0 Å². The molecule has 7 heteroatoms. The van der Waals surface area contributed by atoms with Gasteiger partial charge < -0.3 is 15.4 Å². The van der Waals surface area contributed by atoms with Crippen molar-refractivity contribution in [1.29, 1.82) is 0 Å². The van der Waals surface area contributed by atoms with Gasteiger partial charge in [-0.3, -0.25) is 4.90 Å². The molecule has 1 aromatic rings. The summed E-state index contributed by atoms with van der Waals surface area (Å²) in [5, 5.41) is 5.86. The largest absolute Gasteiger partial charge is 0.379 e. The molecule has 0 spiro atoms. The summed E-state index contributed by atoms with van der Waals surface area (Å²) in [6.45, 7) is 4.45. The summed E-state index contributed by atoms with van der Waals surface area (Å²) in [5.41, 5.74) is 0.664. The van der Waals surface area contributed by atoms with Gasteiger partial charge in [0.1, 0.15) is 5.82 Å². The fourth-order valence-corrected chi connectivity index (χ4v) is 4.93. The molecular formula is C18H26FN3O2S. The van der Waals surface area contributed by atoms with Crippen molar-refractivity contribution in [1.82, 2.24) is 15.5 Å². The lowest BCUT2D eigenvalue weighted by atomic mass is 9.95. The first kappa shape index (κ1) is 18.5. The van der Waals surface area contributed by atoms with Crippen molar-refractivity contribution in [2.75, 3.05) is 50.9 Å². The number of halogens is 1. The number of carbonyl (C=O) groups is 1. The second kappa shape index (κ2) is 8.87. The molecule has 2 aliphatic rings. The Morgan fingerprint density at radius 1 is 1.28 bits per heavy atom. The number of benzene rings is 1. The number of carbonyl (C=O) groups excluding carboxylic acids is 1. The first-order valence-corrected chi connectivity index (χ1v) is 10.0. The van der Waals surface area contributed by atoms with Crippen molar-refractivity contribution >= 4 is 17.8 Å². The second-order valence-electron chi connectivity index (χ2n) is 6.58. The van der Waals surface area contributed by atoms with Crippen molar-refractivity contribution in [3.05, 3.63) is 35.6 Å². The van der Waals surface area contributed by atoms with E-state index in [0.717, 1.165) is 44.2 Å². The number of hydrogen-bond donors (Lipinski definition) is 2. The summed E-state index contributed by atoms with van der Waals surface area (Å²) in [4.78, 5) is 14.6. The highest BCUT2D eigenvalue weighted by Crippen LogP contribution is 2.33. The van der Waals surface area contributed by atoms with Crippen molar-refractivity contribution in [2.45, 2.75) is 18.4 Å². The fraction of sp³-hybridized carbons (Fsp3) is 0.611. The van der Waals surface area contributed by atoms with Crippen LogP contribution >= 0.6 is 11.8 Å². The summed E-state index contributed by atoms with van der Waals surface area (Å²) < 4.78 is 19.0. The lowest BCUT2D eigenvalue weighted by Crippen LogP contribution is -2.59. The molecule has 1 aromatic carbocycles. The molecule has 2 amide bonds. The van der Waals surface area contributed by atoms with Crippen LogP contribution < -0.4 is 10.6 Å². The minimum absolute atomic E-state index is 0.0390. The minimum Gasteiger partial charge on any atom is -0.379 e. The number of morpholine rings is 1.